The summed E-state index contributed by atoms with van der Waals surface area (Å²) in [6.45, 7) is 0. The van der Waals surface area contributed by atoms with Crippen LogP contribution in [0.15, 0.2) is 66.0 Å². The third-order valence-electron chi connectivity index (χ3n) is 3.51. The van der Waals surface area contributed by atoms with E-state index in [1.807, 2.05) is 48.5 Å². The van der Waals surface area contributed by atoms with Gasteiger partial charge >= 0.3 is 0 Å². The van der Waals surface area contributed by atoms with Crippen molar-refractivity contribution < 1.29 is 0 Å². The number of thioether (sulfide) groups is 1. The number of rotatable bonds is 4. The van der Waals surface area contributed by atoms with E-state index >= 15 is 0 Å². The predicted molar refractivity (Wildman–Crippen MR) is 95.0 cm³/mol. The Kier molecular flexibility index (Phi) is 4.15. The molecule has 0 radical (unpaired) electrons. The fourth-order valence-corrected chi connectivity index (χ4v) is 3.44. The number of halogens is 1. The van der Waals surface area contributed by atoms with E-state index in [-0.39, 0.29) is 0 Å². The van der Waals surface area contributed by atoms with Gasteiger partial charge in [-0.05, 0) is 35.9 Å². The van der Waals surface area contributed by atoms with Crippen molar-refractivity contribution >= 4 is 29.0 Å². The number of aromatic nitrogens is 5. The molecule has 0 saturated heterocycles. The summed E-state index contributed by atoms with van der Waals surface area (Å²) < 4.78 is 1.75. The summed E-state index contributed by atoms with van der Waals surface area (Å²) in [6, 6.07) is 15.5. The highest BCUT2D eigenvalue weighted by molar-refractivity contribution is 7.98. The van der Waals surface area contributed by atoms with E-state index in [1.165, 1.54) is 0 Å². The third kappa shape index (κ3) is 2.98. The molecule has 0 aliphatic rings. The van der Waals surface area contributed by atoms with Gasteiger partial charge in [0.25, 0.3) is 0 Å². The first-order valence-electron chi connectivity index (χ1n) is 7.30. The van der Waals surface area contributed by atoms with Crippen LogP contribution >= 0.6 is 23.4 Å². The second-order valence-electron chi connectivity index (χ2n) is 5.08. The molecule has 0 spiro atoms. The SMILES string of the molecule is Clc1ccccc1CSc1ccc2nnc(-c3ccncc3)n2n1. The first-order valence-corrected chi connectivity index (χ1v) is 8.67. The van der Waals surface area contributed by atoms with Gasteiger partial charge in [-0.25, -0.2) is 0 Å². The molecule has 4 rings (SSSR count). The van der Waals surface area contributed by atoms with Crippen molar-refractivity contribution in [2.45, 2.75) is 10.8 Å². The first-order chi connectivity index (χ1) is 11.8. The van der Waals surface area contributed by atoms with Crippen LogP contribution < -0.4 is 0 Å². The van der Waals surface area contributed by atoms with E-state index in [4.69, 9.17) is 11.6 Å². The number of pyridine rings is 1. The number of nitrogens with zero attached hydrogens (tertiary/aromatic N) is 5. The van der Waals surface area contributed by atoms with Crippen molar-refractivity contribution in [3.05, 3.63) is 71.5 Å². The second kappa shape index (κ2) is 6.59. The van der Waals surface area contributed by atoms with Gasteiger partial charge in [0.05, 0.1) is 0 Å². The Hall–Kier alpha value is -2.44. The van der Waals surface area contributed by atoms with Gasteiger partial charge in [-0.3, -0.25) is 4.98 Å². The Balaban J connectivity index is 1.64. The smallest absolute Gasteiger partial charge is 0.185 e. The predicted octanol–water partition coefficient (Wildman–Crippen LogP) is 4.13. The maximum atomic E-state index is 6.21. The van der Waals surface area contributed by atoms with Gasteiger partial charge in [-0.1, -0.05) is 41.6 Å². The van der Waals surface area contributed by atoms with Crippen LogP contribution in [-0.2, 0) is 5.75 Å². The molecule has 0 saturated carbocycles. The topological polar surface area (TPSA) is 56.0 Å². The van der Waals surface area contributed by atoms with Gasteiger partial charge in [-0.15, -0.1) is 10.2 Å². The zero-order valence-electron chi connectivity index (χ0n) is 12.5. The van der Waals surface area contributed by atoms with Crippen LogP contribution in [0.5, 0.6) is 0 Å². The summed E-state index contributed by atoms with van der Waals surface area (Å²) in [5, 5.41) is 14.7. The molecule has 0 unspecified atom stereocenters. The maximum Gasteiger partial charge on any atom is 0.185 e. The lowest BCUT2D eigenvalue weighted by molar-refractivity contribution is 0.860. The van der Waals surface area contributed by atoms with Crippen molar-refractivity contribution in [3.8, 4) is 11.4 Å². The van der Waals surface area contributed by atoms with Gasteiger partial charge in [0.2, 0.25) is 0 Å². The Morgan fingerprint density at radius 1 is 0.958 bits per heavy atom. The van der Waals surface area contributed by atoms with E-state index in [0.717, 1.165) is 26.9 Å². The van der Waals surface area contributed by atoms with Crippen LogP contribution in [0.3, 0.4) is 0 Å². The van der Waals surface area contributed by atoms with Crippen molar-refractivity contribution in [1.82, 2.24) is 24.8 Å². The maximum absolute atomic E-state index is 6.21. The highest BCUT2D eigenvalue weighted by Gasteiger charge is 2.10. The minimum atomic E-state index is 0.701. The van der Waals surface area contributed by atoms with Crippen LogP contribution in [0, 0.1) is 0 Å². The Labute approximate surface area is 147 Å². The van der Waals surface area contributed by atoms with Crippen molar-refractivity contribution in [1.29, 1.82) is 0 Å². The monoisotopic (exact) mass is 353 g/mol. The van der Waals surface area contributed by atoms with Gasteiger partial charge in [0.1, 0.15) is 5.03 Å². The highest BCUT2D eigenvalue weighted by Crippen LogP contribution is 2.26. The van der Waals surface area contributed by atoms with Crippen LogP contribution in [0.25, 0.3) is 17.0 Å². The number of hydrogen-bond donors (Lipinski definition) is 0. The van der Waals surface area contributed by atoms with E-state index in [1.54, 1.807) is 28.7 Å². The molecule has 0 amide bonds. The normalized spacial score (nSPS) is 11.0. The summed E-state index contributed by atoms with van der Waals surface area (Å²) in [4.78, 5) is 4.03. The molecule has 0 aliphatic heterocycles. The van der Waals surface area contributed by atoms with E-state index in [2.05, 4.69) is 20.3 Å². The Morgan fingerprint density at radius 2 is 1.79 bits per heavy atom. The summed E-state index contributed by atoms with van der Waals surface area (Å²) in [7, 11) is 0. The molecule has 0 aliphatic carbocycles. The molecule has 3 heterocycles. The van der Waals surface area contributed by atoms with Gasteiger partial charge in [0, 0.05) is 28.7 Å². The molecule has 0 fully saturated rings. The minimum Gasteiger partial charge on any atom is -0.265 e. The highest BCUT2D eigenvalue weighted by atomic mass is 35.5. The molecular weight excluding hydrogens is 342 g/mol. The molecule has 0 bridgehead atoms. The van der Waals surface area contributed by atoms with Gasteiger partial charge in [-0.2, -0.15) is 9.61 Å². The fourth-order valence-electron chi connectivity index (χ4n) is 2.30. The van der Waals surface area contributed by atoms with E-state index in [9.17, 15) is 0 Å². The number of benzene rings is 1. The Morgan fingerprint density at radius 3 is 2.62 bits per heavy atom. The van der Waals surface area contributed by atoms with Crippen LogP contribution in [0.4, 0.5) is 0 Å². The zero-order valence-corrected chi connectivity index (χ0v) is 14.1. The fraction of sp³-hybridized carbons (Fsp3) is 0.0588. The molecular formula is C17H12ClN5S. The van der Waals surface area contributed by atoms with Crippen LogP contribution in [0.1, 0.15) is 5.56 Å². The van der Waals surface area contributed by atoms with Crippen molar-refractivity contribution in [2.24, 2.45) is 0 Å². The van der Waals surface area contributed by atoms with Gasteiger partial charge in [0.15, 0.2) is 11.5 Å². The number of hydrogen-bond acceptors (Lipinski definition) is 5. The first kappa shape index (κ1) is 15.1. The average molecular weight is 354 g/mol. The zero-order chi connectivity index (χ0) is 16.4. The lowest BCUT2D eigenvalue weighted by atomic mass is 10.2. The van der Waals surface area contributed by atoms with Crippen LogP contribution in [-0.4, -0.2) is 24.8 Å². The summed E-state index contributed by atoms with van der Waals surface area (Å²) in [6.07, 6.45) is 3.46. The molecule has 5 nitrogen and oxygen atoms in total. The van der Waals surface area contributed by atoms with Crippen molar-refractivity contribution in [3.63, 3.8) is 0 Å². The summed E-state index contributed by atoms with van der Waals surface area (Å²) in [5.74, 6) is 1.46. The van der Waals surface area contributed by atoms with Crippen molar-refractivity contribution in [2.75, 3.05) is 0 Å². The summed E-state index contributed by atoms with van der Waals surface area (Å²) >= 11 is 7.83. The molecule has 0 atom stereocenters. The summed E-state index contributed by atoms with van der Waals surface area (Å²) in [5.41, 5.74) is 2.73. The quantitative estimate of drug-likeness (QED) is 0.516. The third-order valence-corrected chi connectivity index (χ3v) is 4.85. The molecule has 7 heteroatoms. The largest absolute Gasteiger partial charge is 0.265 e. The second-order valence-corrected chi connectivity index (χ2v) is 6.48. The standard InChI is InChI=1S/C17H12ClN5S/c18-14-4-2-1-3-13(14)11-24-16-6-5-15-20-21-17(23(15)22-16)12-7-9-19-10-8-12/h1-10H,11H2. The lowest BCUT2D eigenvalue weighted by Crippen LogP contribution is -1.96. The molecule has 1 aromatic carbocycles. The van der Waals surface area contributed by atoms with E-state index in [0.29, 0.717) is 11.5 Å². The molecule has 24 heavy (non-hydrogen) atoms. The minimum absolute atomic E-state index is 0.701. The Bertz CT molecular complexity index is 987. The molecule has 0 N–H and O–H groups in total. The molecule has 118 valence electrons. The van der Waals surface area contributed by atoms with Gasteiger partial charge < -0.3 is 0 Å². The average Bonchev–Trinajstić information content (AvgIpc) is 3.05. The molecule has 4 aromatic rings. The van der Waals surface area contributed by atoms with Crippen LogP contribution in [0.2, 0.25) is 5.02 Å². The lowest BCUT2D eigenvalue weighted by Gasteiger charge is -2.04. The van der Waals surface area contributed by atoms with E-state index < -0.39 is 0 Å². The number of fused-ring (bicyclic) bond motifs is 1. The molecule has 3 aromatic heterocycles.